The third kappa shape index (κ3) is 7.48. The first-order chi connectivity index (χ1) is 13.7. The van der Waals surface area contributed by atoms with Crippen molar-refractivity contribution in [3.05, 3.63) is 24.3 Å². The highest BCUT2D eigenvalue weighted by atomic mass is 32.2. The van der Waals surface area contributed by atoms with Gasteiger partial charge < -0.3 is 10.1 Å². The number of benzene rings is 1. The minimum Gasteiger partial charge on any atom is -0.495 e. The van der Waals surface area contributed by atoms with Gasteiger partial charge in [0.2, 0.25) is 21.1 Å². The van der Waals surface area contributed by atoms with Crippen molar-refractivity contribution in [2.75, 3.05) is 35.3 Å². The number of carbonyl (C=O) groups is 1. The van der Waals surface area contributed by atoms with Gasteiger partial charge in [-0.2, -0.15) is 0 Å². The molecule has 0 saturated heterocycles. The lowest BCUT2D eigenvalue weighted by atomic mass is 10.2. The van der Waals surface area contributed by atoms with Crippen LogP contribution in [-0.2, 0) is 14.8 Å². The molecular formula is C18H26N4O4S3. The smallest absolute Gasteiger partial charge is 0.232 e. The van der Waals surface area contributed by atoms with E-state index in [4.69, 9.17) is 4.74 Å². The molecule has 1 N–H and O–H groups in total. The molecule has 0 aliphatic carbocycles. The van der Waals surface area contributed by atoms with Crippen LogP contribution in [-0.4, -0.2) is 50.2 Å². The summed E-state index contributed by atoms with van der Waals surface area (Å²) in [6.45, 7) is 4.42. The van der Waals surface area contributed by atoms with E-state index in [-0.39, 0.29) is 18.9 Å². The molecule has 160 valence electrons. The summed E-state index contributed by atoms with van der Waals surface area (Å²) in [5, 5.41) is 11.2. The second kappa shape index (κ2) is 10.8. The second-order valence-electron chi connectivity index (χ2n) is 6.74. The van der Waals surface area contributed by atoms with E-state index >= 15 is 0 Å². The largest absolute Gasteiger partial charge is 0.495 e. The fraction of sp³-hybridized carbons (Fsp3) is 0.500. The van der Waals surface area contributed by atoms with Gasteiger partial charge in [-0.05, 0) is 24.5 Å². The van der Waals surface area contributed by atoms with E-state index in [1.165, 1.54) is 22.8 Å². The fourth-order valence-corrected chi connectivity index (χ4v) is 5.14. The average molecular weight is 459 g/mol. The van der Waals surface area contributed by atoms with E-state index in [0.29, 0.717) is 28.9 Å². The molecule has 1 heterocycles. The van der Waals surface area contributed by atoms with Crippen molar-refractivity contribution in [2.24, 2.45) is 5.92 Å². The van der Waals surface area contributed by atoms with Gasteiger partial charge in [0.05, 0.1) is 19.1 Å². The SMILES string of the molecule is COc1ccccc1N(CCCC(=O)Nc1nnc(SCC(C)C)s1)S(C)(=O)=O. The van der Waals surface area contributed by atoms with E-state index in [9.17, 15) is 13.2 Å². The Morgan fingerprint density at radius 2 is 2.03 bits per heavy atom. The molecule has 0 bridgehead atoms. The summed E-state index contributed by atoms with van der Waals surface area (Å²) in [5.41, 5.74) is 0.453. The van der Waals surface area contributed by atoms with Crippen LogP contribution in [0.2, 0.25) is 0 Å². The number of nitrogens with one attached hydrogen (secondary N) is 1. The van der Waals surface area contributed by atoms with E-state index in [0.717, 1.165) is 16.3 Å². The van der Waals surface area contributed by atoms with Crippen molar-refractivity contribution in [1.82, 2.24) is 10.2 Å². The van der Waals surface area contributed by atoms with Gasteiger partial charge in [-0.3, -0.25) is 9.10 Å². The summed E-state index contributed by atoms with van der Waals surface area (Å²) in [7, 11) is -2.03. The summed E-state index contributed by atoms with van der Waals surface area (Å²) >= 11 is 2.95. The van der Waals surface area contributed by atoms with Gasteiger partial charge in [0.25, 0.3) is 0 Å². The van der Waals surface area contributed by atoms with Crippen LogP contribution in [0.3, 0.4) is 0 Å². The number of hydrogen-bond acceptors (Lipinski definition) is 8. The highest BCUT2D eigenvalue weighted by molar-refractivity contribution is 8.01. The number of thioether (sulfide) groups is 1. The molecule has 0 radical (unpaired) electrons. The van der Waals surface area contributed by atoms with Crippen LogP contribution >= 0.6 is 23.1 Å². The number of anilines is 2. The molecule has 8 nitrogen and oxygen atoms in total. The Hall–Kier alpha value is -1.85. The lowest BCUT2D eigenvalue weighted by Crippen LogP contribution is -2.31. The molecule has 1 aromatic heterocycles. The Labute approximate surface area is 180 Å². The number of methoxy groups -OCH3 is 1. The number of rotatable bonds is 11. The van der Waals surface area contributed by atoms with Crippen molar-refractivity contribution in [1.29, 1.82) is 0 Å². The molecule has 11 heteroatoms. The first kappa shape index (κ1) is 23.4. The lowest BCUT2D eigenvalue weighted by Gasteiger charge is -2.24. The van der Waals surface area contributed by atoms with Gasteiger partial charge in [0.1, 0.15) is 5.75 Å². The fourth-order valence-electron chi connectivity index (χ4n) is 2.42. The Morgan fingerprint density at radius 3 is 2.69 bits per heavy atom. The third-order valence-corrected chi connectivity index (χ3v) is 7.29. The van der Waals surface area contributed by atoms with Gasteiger partial charge in [-0.25, -0.2) is 8.42 Å². The highest BCUT2D eigenvalue weighted by Crippen LogP contribution is 2.30. The quantitative estimate of drug-likeness (QED) is 0.406. The number of amides is 1. The second-order valence-corrected chi connectivity index (χ2v) is 10.9. The van der Waals surface area contributed by atoms with Crippen molar-refractivity contribution in [3.63, 3.8) is 0 Å². The van der Waals surface area contributed by atoms with E-state index in [1.807, 2.05) is 0 Å². The molecule has 0 unspecified atom stereocenters. The van der Waals surface area contributed by atoms with E-state index in [2.05, 4.69) is 29.4 Å². The monoisotopic (exact) mass is 458 g/mol. The van der Waals surface area contributed by atoms with Crippen LogP contribution < -0.4 is 14.4 Å². The molecule has 0 spiro atoms. The topological polar surface area (TPSA) is 101 Å². The van der Waals surface area contributed by atoms with Crippen molar-refractivity contribution in [3.8, 4) is 5.75 Å². The standard InChI is InChI=1S/C18H26N4O4S3/c1-13(2)12-27-18-21-20-17(28-18)19-16(23)10-7-11-22(29(4,24)25)14-8-5-6-9-15(14)26-3/h5-6,8-9,13H,7,10-12H2,1-4H3,(H,19,20,23). The van der Waals surface area contributed by atoms with Gasteiger partial charge in [0.15, 0.2) is 4.34 Å². The summed E-state index contributed by atoms with van der Waals surface area (Å²) in [5.74, 6) is 1.72. The van der Waals surface area contributed by atoms with Crippen LogP contribution in [0.1, 0.15) is 26.7 Å². The normalized spacial score (nSPS) is 11.5. The first-order valence-electron chi connectivity index (χ1n) is 9.07. The maximum atomic E-state index is 12.2. The third-order valence-electron chi connectivity index (χ3n) is 3.71. The zero-order valence-corrected chi connectivity index (χ0v) is 19.4. The molecule has 0 atom stereocenters. The molecular weight excluding hydrogens is 432 g/mol. The van der Waals surface area contributed by atoms with Crippen LogP contribution in [0.25, 0.3) is 0 Å². The lowest BCUT2D eigenvalue weighted by molar-refractivity contribution is -0.116. The zero-order valence-electron chi connectivity index (χ0n) is 16.9. The summed E-state index contributed by atoms with van der Waals surface area (Å²) in [4.78, 5) is 12.2. The molecule has 2 rings (SSSR count). The van der Waals surface area contributed by atoms with Crippen LogP contribution in [0.15, 0.2) is 28.6 Å². The Balaban J connectivity index is 1.92. The van der Waals surface area contributed by atoms with Crippen molar-refractivity contribution in [2.45, 2.75) is 31.0 Å². The summed E-state index contributed by atoms with van der Waals surface area (Å²) < 4.78 is 31.8. The highest BCUT2D eigenvalue weighted by Gasteiger charge is 2.21. The van der Waals surface area contributed by atoms with Crippen LogP contribution in [0, 0.1) is 5.92 Å². The number of ether oxygens (including phenoxy) is 1. The van der Waals surface area contributed by atoms with E-state index in [1.54, 1.807) is 36.0 Å². The Bertz CT molecular complexity index is 915. The summed E-state index contributed by atoms with van der Waals surface area (Å²) in [6.07, 6.45) is 1.65. The minimum absolute atomic E-state index is 0.162. The molecule has 0 aliphatic rings. The minimum atomic E-state index is -3.52. The van der Waals surface area contributed by atoms with Crippen LogP contribution in [0.4, 0.5) is 10.8 Å². The molecule has 29 heavy (non-hydrogen) atoms. The number of nitrogens with zero attached hydrogens (tertiary/aromatic N) is 3. The molecule has 0 fully saturated rings. The number of sulfonamides is 1. The molecule has 1 aromatic carbocycles. The number of hydrogen-bond donors (Lipinski definition) is 1. The van der Waals surface area contributed by atoms with Gasteiger partial charge >= 0.3 is 0 Å². The number of para-hydroxylation sites is 2. The molecule has 0 aliphatic heterocycles. The van der Waals surface area contributed by atoms with Gasteiger partial charge in [0, 0.05) is 18.7 Å². The van der Waals surface area contributed by atoms with Gasteiger partial charge in [-0.15, -0.1) is 10.2 Å². The van der Waals surface area contributed by atoms with Crippen molar-refractivity contribution < 1.29 is 17.9 Å². The van der Waals surface area contributed by atoms with E-state index < -0.39 is 10.0 Å². The summed E-state index contributed by atoms with van der Waals surface area (Å²) in [6, 6.07) is 6.89. The number of carbonyl (C=O) groups excluding carboxylic acids is 1. The van der Waals surface area contributed by atoms with Crippen LogP contribution in [0.5, 0.6) is 5.75 Å². The zero-order chi connectivity index (χ0) is 21.4. The maximum absolute atomic E-state index is 12.2. The van der Waals surface area contributed by atoms with Crippen molar-refractivity contribution >= 4 is 49.8 Å². The Kier molecular flexibility index (Phi) is 8.72. The molecule has 1 amide bonds. The Morgan fingerprint density at radius 1 is 1.31 bits per heavy atom. The van der Waals surface area contributed by atoms with Gasteiger partial charge in [-0.1, -0.05) is 49.1 Å². The molecule has 0 saturated carbocycles. The predicted molar refractivity (Wildman–Crippen MR) is 119 cm³/mol. The maximum Gasteiger partial charge on any atom is 0.232 e. The average Bonchev–Trinajstić information content (AvgIpc) is 3.10. The molecule has 2 aromatic rings. The first-order valence-corrected chi connectivity index (χ1v) is 12.7. The predicted octanol–water partition coefficient (Wildman–Crippen LogP) is 3.48. The number of aromatic nitrogens is 2.